The van der Waals surface area contributed by atoms with Crippen molar-refractivity contribution in [2.75, 3.05) is 183 Å². The van der Waals surface area contributed by atoms with Gasteiger partial charge in [-0.1, -0.05) is 151 Å². The number of amides is 12. The molecule has 2 unspecified atom stereocenters. The standard InChI is InChI=1S/C104H206N18O24Si4/c1-24-28-66-111(70-56-80-147(135-12,136-13)137-14)91(123)105-60-44-32-38-50-74-115-97(129)116(75-51-39-33-45-61-106-92(124)112(67-29-25-2)71-57-81-148(138-15,139-16)140-17)100(132)119(99(115)131)78-54-42-36-48-64-109-95(127)121(88(5)6)87-104(11)85-90(84-103(9,10)86-104)122(89(7)8)96(128)110-65-49-37-43-55-79-120-101(133)117(76-52-40-34-46-62-107-93(125)113(68-30-26-3)72-58-82-149(141-18,142-19)143-20)98(130)118(102(120)134)77-53-41-35-47-63-108-94(126)114(69-31-27-4)73-59-83-150(144-21,145-22)146-23/h88-90H,24-87H2,1-23H3,(H,105,123)(H,106,124)(H,107,125)(H,108,126)(H,109,127)(H,110,128). The van der Waals surface area contributed by atoms with Crippen LogP contribution >= 0.6 is 0 Å². The Balaban J connectivity index is 1.71. The zero-order chi connectivity index (χ0) is 112. The molecule has 150 heavy (non-hydrogen) atoms. The maximum atomic E-state index is 14.6. The fourth-order valence-electron chi connectivity index (χ4n) is 20.3. The molecule has 3 rings (SSSR count). The summed E-state index contributed by atoms with van der Waals surface area (Å²) in [5.74, 6) is 0. The fraction of sp³-hybridized carbons (Fsp3) is 0.885. The Morgan fingerprint density at radius 3 is 0.680 bits per heavy atom. The predicted octanol–water partition coefficient (Wildman–Crippen LogP) is 14.5. The molecule has 42 nitrogen and oxygen atoms in total. The van der Waals surface area contributed by atoms with Crippen molar-refractivity contribution in [2.45, 2.75) is 408 Å². The second-order valence-corrected chi connectivity index (χ2v) is 54.2. The Morgan fingerprint density at radius 1 is 0.280 bits per heavy atom. The molecule has 1 fully saturated rings. The van der Waals surface area contributed by atoms with E-state index in [2.05, 4.69) is 80.4 Å². The van der Waals surface area contributed by atoms with Gasteiger partial charge in [-0.25, -0.2) is 84.9 Å². The molecule has 12 amide bonds. The van der Waals surface area contributed by atoms with E-state index in [1.54, 1.807) is 85.3 Å². The van der Waals surface area contributed by atoms with Crippen molar-refractivity contribution in [2.24, 2.45) is 10.8 Å². The molecular weight excluding hydrogens is 2000 g/mol. The highest BCUT2D eigenvalue weighted by molar-refractivity contribution is 6.61. The molecule has 0 aromatic carbocycles. The number of carbonyl (C=O) groups is 6. The average Bonchev–Trinajstić information content (AvgIpc) is 0.781. The number of rotatable bonds is 87. The van der Waals surface area contributed by atoms with Gasteiger partial charge >= 0.3 is 106 Å². The first-order valence-electron chi connectivity index (χ1n) is 56.6. The number of carbonyl (C=O) groups excluding carboxylic acids is 6. The minimum atomic E-state index is -2.80. The van der Waals surface area contributed by atoms with E-state index < -0.39 is 69.4 Å². The van der Waals surface area contributed by atoms with E-state index in [1.165, 1.54) is 27.4 Å². The molecule has 2 aromatic heterocycles. The van der Waals surface area contributed by atoms with Gasteiger partial charge in [0.1, 0.15) is 0 Å². The third-order valence-electron chi connectivity index (χ3n) is 29.0. The first-order valence-corrected chi connectivity index (χ1v) is 64.3. The van der Waals surface area contributed by atoms with Crippen molar-refractivity contribution in [1.82, 2.24) is 88.7 Å². The molecule has 0 spiro atoms. The molecule has 0 saturated heterocycles. The molecule has 2 heterocycles. The van der Waals surface area contributed by atoms with Gasteiger partial charge < -0.3 is 114 Å². The van der Waals surface area contributed by atoms with Crippen LogP contribution in [-0.2, 0) is 92.4 Å². The van der Waals surface area contributed by atoms with E-state index in [4.69, 9.17) is 53.1 Å². The number of hydrogen-bond acceptors (Lipinski definition) is 24. The maximum Gasteiger partial charge on any atom is 0.500 e. The van der Waals surface area contributed by atoms with Crippen LogP contribution in [0.25, 0.3) is 0 Å². The quantitative estimate of drug-likeness (QED) is 0.0265. The van der Waals surface area contributed by atoms with Gasteiger partial charge in [0, 0.05) is 265 Å². The average molecular weight is 2210 g/mol. The molecule has 0 radical (unpaired) electrons. The number of urea groups is 6. The molecular formula is C104H206N18O24Si4. The fourth-order valence-corrected chi connectivity index (χ4v) is 27.1. The van der Waals surface area contributed by atoms with E-state index in [-0.39, 0.29) is 104 Å². The predicted molar refractivity (Wildman–Crippen MR) is 599 cm³/mol. The van der Waals surface area contributed by atoms with Crippen molar-refractivity contribution in [1.29, 1.82) is 0 Å². The highest BCUT2D eigenvalue weighted by Crippen LogP contribution is 2.49. The van der Waals surface area contributed by atoms with Crippen molar-refractivity contribution < 1.29 is 81.9 Å². The highest BCUT2D eigenvalue weighted by atomic mass is 28.4. The van der Waals surface area contributed by atoms with Crippen LogP contribution in [0.2, 0.25) is 24.2 Å². The summed E-state index contributed by atoms with van der Waals surface area (Å²) >= 11 is 0. The third kappa shape index (κ3) is 48.7. The van der Waals surface area contributed by atoms with Crippen LogP contribution in [0.1, 0.15) is 327 Å². The van der Waals surface area contributed by atoms with Crippen LogP contribution in [0.15, 0.2) is 28.8 Å². The molecule has 872 valence electrons. The molecule has 1 aliphatic rings. The van der Waals surface area contributed by atoms with Gasteiger partial charge in [-0.3, -0.25) is 0 Å². The summed E-state index contributed by atoms with van der Waals surface area (Å²) < 4.78 is 74.4. The van der Waals surface area contributed by atoms with Crippen LogP contribution < -0.4 is 66.0 Å². The zero-order valence-corrected chi connectivity index (χ0v) is 101. The van der Waals surface area contributed by atoms with E-state index in [0.29, 0.717) is 283 Å². The number of unbranched alkanes of at least 4 members (excludes halogenated alkanes) is 22. The smallest absolute Gasteiger partial charge is 0.377 e. The lowest BCUT2D eigenvalue weighted by atomic mass is 9.62. The van der Waals surface area contributed by atoms with E-state index in [1.807, 2.05) is 57.1 Å². The summed E-state index contributed by atoms with van der Waals surface area (Å²) in [5.41, 5.74) is -4.39. The summed E-state index contributed by atoms with van der Waals surface area (Å²) in [6, 6.07) is 0.962. The van der Waals surface area contributed by atoms with Gasteiger partial charge in [0.25, 0.3) is 0 Å². The summed E-state index contributed by atoms with van der Waals surface area (Å²) in [5, 5.41) is 18.7. The van der Waals surface area contributed by atoms with Crippen molar-refractivity contribution in [3.05, 3.63) is 62.9 Å². The Hall–Kier alpha value is -7.17. The lowest BCUT2D eigenvalue weighted by molar-refractivity contribution is 0.00244. The minimum Gasteiger partial charge on any atom is -0.377 e. The lowest BCUT2D eigenvalue weighted by Crippen LogP contribution is -2.57. The van der Waals surface area contributed by atoms with Gasteiger partial charge in [0.05, 0.1) is 0 Å². The zero-order valence-electron chi connectivity index (χ0n) is 97.2. The van der Waals surface area contributed by atoms with E-state index in [0.717, 1.165) is 89.9 Å². The van der Waals surface area contributed by atoms with Gasteiger partial charge in [0.15, 0.2) is 0 Å². The molecule has 46 heteroatoms. The number of nitrogens with zero attached hydrogens (tertiary/aromatic N) is 12. The van der Waals surface area contributed by atoms with Crippen LogP contribution in [0.3, 0.4) is 0 Å². The Kier molecular flexibility index (Phi) is 69.8. The van der Waals surface area contributed by atoms with Gasteiger partial charge in [-0.05, 0) is 186 Å². The van der Waals surface area contributed by atoms with Crippen LogP contribution in [0.4, 0.5) is 28.8 Å². The second kappa shape index (κ2) is 76.4. The SMILES string of the molecule is CCCCN(CCC[Si](OC)(OC)OC)C(=O)NCCCCCCn1c(=O)n(CCCCCCNC(=O)N(CCCC)CCC[Si](OC)(OC)OC)c(=O)n(CCCCCCNC(=O)N(CC2(C)CC(N(C(=O)NCCCCCCn3c(=O)n(CCCCCCNC(=O)N(CCCC)CCC[Si](OC)(OC)OC)c(=O)n(CCCCCCNC(=O)N(CCCC)CCC[Si](OC)(OC)OC)c3=O)C(C)C)CC(C)(C)C2)C(C)C)c1=O. The first-order chi connectivity index (χ1) is 71.9. The van der Waals surface area contributed by atoms with Crippen LogP contribution in [0, 0.1) is 10.8 Å². The van der Waals surface area contributed by atoms with Crippen LogP contribution in [0.5, 0.6) is 0 Å². The summed E-state index contributed by atoms with van der Waals surface area (Å²) in [6.07, 6.45) is 27.5. The van der Waals surface area contributed by atoms with E-state index >= 15 is 0 Å². The highest BCUT2D eigenvalue weighted by Gasteiger charge is 2.47. The Labute approximate surface area is 902 Å². The van der Waals surface area contributed by atoms with Gasteiger partial charge in [0.2, 0.25) is 0 Å². The molecule has 1 saturated carbocycles. The lowest BCUT2D eigenvalue weighted by Gasteiger charge is -2.52. The third-order valence-corrected chi connectivity index (χ3v) is 40.3. The van der Waals surface area contributed by atoms with Crippen LogP contribution in [-0.4, -0.2) is 330 Å². The summed E-state index contributed by atoms with van der Waals surface area (Å²) in [6.45, 7) is 31.5. The molecule has 2 atom stereocenters. The maximum absolute atomic E-state index is 14.6. The first kappa shape index (κ1) is 137. The number of nitrogens with one attached hydrogen (secondary N) is 6. The van der Waals surface area contributed by atoms with E-state index in [9.17, 15) is 57.5 Å². The Bertz CT molecular complexity index is 4220. The molecule has 0 aliphatic heterocycles. The Morgan fingerprint density at radius 2 is 0.480 bits per heavy atom. The summed E-state index contributed by atoms with van der Waals surface area (Å²) in [7, 11) is 7.75. The number of aromatic nitrogens is 6. The topological polar surface area (TPSA) is 437 Å². The minimum absolute atomic E-state index is 0.105. The van der Waals surface area contributed by atoms with Crippen molar-refractivity contribution in [3.8, 4) is 0 Å². The number of hydrogen-bond donors (Lipinski definition) is 6. The van der Waals surface area contributed by atoms with Gasteiger partial charge in [-0.15, -0.1) is 0 Å². The normalized spacial score (nSPS) is 14.4. The largest absolute Gasteiger partial charge is 0.500 e. The summed E-state index contributed by atoms with van der Waals surface area (Å²) in [4.78, 5) is 180. The van der Waals surface area contributed by atoms with Crippen molar-refractivity contribution in [3.63, 3.8) is 0 Å². The monoisotopic (exact) mass is 2200 g/mol. The molecule has 2 aromatic rings. The molecule has 1 aliphatic carbocycles. The molecule has 6 N–H and O–H groups in total. The van der Waals surface area contributed by atoms with Gasteiger partial charge in [-0.2, -0.15) is 0 Å². The second-order valence-electron chi connectivity index (χ2n) is 41.9. The van der Waals surface area contributed by atoms with Crippen molar-refractivity contribution >= 4 is 71.4 Å². The molecule has 0 bridgehead atoms.